The van der Waals surface area contributed by atoms with Crippen LogP contribution in [-0.2, 0) is 0 Å². The van der Waals surface area contributed by atoms with Gasteiger partial charge in [-0.15, -0.1) is 0 Å². The fourth-order valence-corrected chi connectivity index (χ4v) is 2.54. The van der Waals surface area contributed by atoms with Gasteiger partial charge in [0.2, 0.25) is 0 Å². The van der Waals surface area contributed by atoms with Gasteiger partial charge in [-0.3, -0.25) is 4.98 Å². The van der Waals surface area contributed by atoms with Gasteiger partial charge < -0.3 is 10.0 Å². The SMILES string of the molecule is CCCC1C(O)CCCN1c1ccncc1. The summed E-state index contributed by atoms with van der Waals surface area (Å²) in [5, 5.41) is 10.1. The maximum atomic E-state index is 10.1. The summed E-state index contributed by atoms with van der Waals surface area (Å²) in [4.78, 5) is 6.37. The first-order chi connectivity index (χ1) is 7.83. The number of pyridine rings is 1. The maximum Gasteiger partial charge on any atom is 0.0744 e. The second-order valence-corrected chi connectivity index (χ2v) is 4.46. The Morgan fingerprint density at radius 2 is 2.19 bits per heavy atom. The van der Waals surface area contributed by atoms with Crippen LogP contribution in [0.25, 0.3) is 0 Å². The first-order valence-electron chi connectivity index (χ1n) is 6.17. The third kappa shape index (κ3) is 2.35. The molecule has 88 valence electrons. The summed E-state index contributed by atoms with van der Waals surface area (Å²) in [7, 11) is 0. The highest BCUT2D eigenvalue weighted by molar-refractivity contribution is 5.46. The lowest BCUT2D eigenvalue weighted by molar-refractivity contribution is 0.108. The van der Waals surface area contributed by atoms with Crippen LogP contribution < -0.4 is 4.90 Å². The number of piperidine rings is 1. The molecule has 16 heavy (non-hydrogen) atoms. The number of aliphatic hydroxyl groups is 1. The van der Waals surface area contributed by atoms with Crippen molar-refractivity contribution in [2.24, 2.45) is 0 Å². The van der Waals surface area contributed by atoms with Crippen LogP contribution in [0.2, 0.25) is 0 Å². The lowest BCUT2D eigenvalue weighted by Gasteiger charge is -2.40. The van der Waals surface area contributed by atoms with Crippen LogP contribution in [0.4, 0.5) is 5.69 Å². The van der Waals surface area contributed by atoms with E-state index in [2.05, 4.69) is 16.8 Å². The molecule has 0 aromatic carbocycles. The van der Waals surface area contributed by atoms with E-state index in [0.717, 1.165) is 32.2 Å². The highest BCUT2D eigenvalue weighted by Gasteiger charge is 2.29. The van der Waals surface area contributed by atoms with E-state index in [1.54, 1.807) is 0 Å². The summed E-state index contributed by atoms with van der Waals surface area (Å²) >= 11 is 0. The first-order valence-corrected chi connectivity index (χ1v) is 6.17. The van der Waals surface area contributed by atoms with Crippen LogP contribution in [0.15, 0.2) is 24.5 Å². The van der Waals surface area contributed by atoms with E-state index in [0.29, 0.717) is 0 Å². The second kappa shape index (κ2) is 5.30. The molecule has 1 N–H and O–H groups in total. The van der Waals surface area contributed by atoms with Gasteiger partial charge in [0.05, 0.1) is 12.1 Å². The summed E-state index contributed by atoms with van der Waals surface area (Å²) in [5.41, 5.74) is 1.19. The maximum absolute atomic E-state index is 10.1. The molecule has 2 heterocycles. The highest BCUT2D eigenvalue weighted by atomic mass is 16.3. The van der Waals surface area contributed by atoms with E-state index in [1.807, 2.05) is 24.5 Å². The highest BCUT2D eigenvalue weighted by Crippen LogP contribution is 2.26. The fraction of sp³-hybridized carbons (Fsp3) is 0.615. The first kappa shape index (κ1) is 11.4. The average molecular weight is 220 g/mol. The largest absolute Gasteiger partial charge is 0.391 e. The van der Waals surface area contributed by atoms with Crippen LogP contribution in [0.5, 0.6) is 0 Å². The van der Waals surface area contributed by atoms with Gasteiger partial charge in [-0.1, -0.05) is 13.3 Å². The summed E-state index contributed by atoms with van der Waals surface area (Å²) in [6, 6.07) is 4.34. The molecule has 1 fully saturated rings. The summed E-state index contributed by atoms with van der Waals surface area (Å²) < 4.78 is 0. The summed E-state index contributed by atoms with van der Waals surface area (Å²) in [5.74, 6) is 0. The molecule has 1 aromatic rings. The second-order valence-electron chi connectivity index (χ2n) is 4.46. The van der Waals surface area contributed by atoms with Gasteiger partial charge in [0.15, 0.2) is 0 Å². The molecule has 1 aliphatic rings. The van der Waals surface area contributed by atoms with E-state index in [-0.39, 0.29) is 12.1 Å². The minimum Gasteiger partial charge on any atom is -0.391 e. The molecule has 2 rings (SSSR count). The van der Waals surface area contributed by atoms with Gasteiger partial charge in [0.1, 0.15) is 0 Å². The van der Waals surface area contributed by atoms with Crippen LogP contribution in [-0.4, -0.2) is 28.8 Å². The molecule has 1 saturated heterocycles. The van der Waals surface area contributed by atoms with Crippen molar-refractivity contribution in [1.29, 1.82) is 0 Å². The minimum absolute atomic E-state index is 0.179. The van der Waals surface area contributed by atoms with Gasteiger partial charge in [-0.25, -0.2) is 0 Å². The Bertz CT molecular complexity index is 315. The van der Waals surface area contributed by atoms with E-state index >= 15 is 0 Å². The molecule has 0 bridgehead atoms. The number of nitrogens with zero attached hydrogens (tertiary/aromatic N) is 2. The number of hydrogen-bond donors (Lipinski definition) is 1. The molecular formula is C13H20N2O. The minimum atomic E-state index is -0.179. The lowest BCUT2D eigenvalue weighted by Crippen LogP contribution is -2.48. The van der Waals surface area contributed by atoms with Crippen LogP contribution in [0.1, 0.15) is 32.6 Å². The Hall–Kier alpha value is -1.09. The van der Waals surface area contributed by atoms with Gasteiger partial charge in [-0.05, 0) is 31.4 Å². The number of anilines is 1. The van der Waals surface area contributed by atoms with Crippen molar-refractivity contribution in [1.82, 2.24) is 4.98 Å². The van der Waals surface area contributed by atoms with Crippen molar-refractivity contribution in [2.75, 3.05) is 11.4 Å². The van der Waals surface area contributed by atoms with Crippen molar-refractivity contribution in [3.8, 4) is 0 Å². The molecule has 2 atom stereocenters. The van der Waals surface area contributed by atoms with E-state index < -0.39 is 0 Å². The molecule has 2 unspecified atom stereocenters. The van der Waals surface area contributed by atoms with E-state index in [1.165, 1.54) is 5.69 Å². The van der Waals surface area contributed by atoms with Crippen molar-refractivity contribution in [2.45, 2.75) is 44.8 Å². The van der Waals surface area contributed by atoms with Crippen molar-refractivity contribution in [3.05, 3.63) is 24.5 Å². The molecule has 3 nitrogen and oxygen atoms in total. The fourth-order valence-electron chi connectivity index (χ4n) is 2.54. The third-order valence-electron chi connectivity index (χ3n) is 3.32. The van der Waals surface area contributed by atoms with Gasteiger partial charge >= 0.3 is 0 Å². The predicted molar refractivity (Wildman–Crippen MR) is 65.5 cm³/mol. The number of aromatic nitrogens is 1. The number of aliphatic hydroxyl groups excluding tert-OH is 1. The lowest BCUT2D eigenvalue weighted by atomic mass is 9.94. The molecular weight excluding hydrogens is 200 g/mol. The zero-order valence-electron chi connectivity index (χ0n) is 9.84. The van der Waals surface area contributed by atoms with Gasteiger partial charge in [-0.2, -0.15) is 0 Å². The Morgan fingerprint density at radius 3 is 2.88 bits per heavy atom. The topological polar surface area (TPSA) is 36.4 Å². The smallest absolute Gasteiger partial charge is 0.0744 e. The zero-order chi connectivity index (χ0) is 11.4. The van der Waals surface area contributed by atoms with E-state index in [4.69, 9.17) is 0 Å². The van der Waals surface area contributed by atoms with Crippen molar-refractivity contribution < 1.29 is 5.11 Å². The molecule has 0 radical (unpaired) electrons. The molecule has 1 aromatic heterocycles. The van der Waals surface area contributed by atoms with E-state index in [9.17, 15) is 5.11 Å². The van der Waals surface area contributed by atoms with Gasteiger partial charge in [0.25, 0.3) is 0 Å². The quantitative estimate of drug-likeness (QED) is 0.848. The number of hydrogen-bond acceptors (Lipinski definition) is 3. The van der Waals surface area contributed by atoms with Gasteiger partial charge in [0, 0.05) is 24.6 Å². The molecule has 1 aliphatic heterocycles. The van der Waals surface area contributed by atoms with Crippen LogP contribution in [0, 0.1) is 0 Å². The third-order valence-corrected chi connectivity index (χ3v) is 3.32. The van der Waals surface area contributed by atoms with Crippen molar-refractivity contribution in [3.63, 3.8) is 0 Å². The number of rotatable bonds is 3. The molecule has 0 amide bonds. The van der Waals surface area contributed by atoms with Crippen LogP contribution in [0.3, 0.4) is 0 Å². The molecule has 3 heteroatoms. The normalized spacial score (nSPS) is 25.8. The molecule has 0 spiro atoms. The Kier molecular flexibility index (Phi) is 3.78. The predicted octanol–water partition coefficient (Wildman–Crippen LogP) is 2.21. The molecule has 0 aliphatic carbocycles. The summed E-state index contributed by atoms with van der Waals surface area (Å²) in [6.45, 7) is 3.22. The molecule has 0 saturated carbocycles. The monoisotopic (exact) mass is 220 g/mol. The zero-order valence-corrected chi connectivity index (χ0v) is 9.84. The average Bonchev–Trinajstić information content (AvgIpc) is 2.33. The summed E-state index contributed by atoms with van der Waals surface area (Å²) in [6.07, 6.45) is 7.64. The Morgan fingerprint density at radius 1 is 1.44 bits per heavy atom. The Balaban J connectivity index is 2.17. The van der Waals surface area contributed by atoms with Crippen LogP contribution >= 0.6 is 0 Å². The standard InChI is InChI=1S/C13H20N2O/c1-2-4-12-13(16)5-3-10-15(12)11-6-8-14-9-7-11/h6-9,12-13,16H,2-5,10H2,1H3. The Labute approximate surface area is 97.1 Å². The van der Waals surface area contributed by atoms with Crippen molar-refractivity contribution >= 4 is 5.69 Å².